The molecule has 0 saturated carbocycles. The Labute approximate surface area is 122 Å². The Bertz CT molecular complexity index is 560. The van der Waals surface area contributed by atoms with Gasteiger partial charge in [0.15, 0.2) is 0 Å². The van der Waals surface area contributed by atoms with Crippen molar-refractivity contribution in [1.29, 1.82) is 0 Å². The number of nitrogens with one attached hydrogen (secondary N) is 1. The second-order valence-corrected chi connectivity index (χ2v) is 5.25. The highest BCUT2D eigenvalue weighted by atomic mass is 35.5. The van der Waals surface area contributed by atoms with Gasteiger partial charge >= 0.3 is 0 Å². The van der Waals surface area contributed by atoms with E-state index in [0.29, 0.717) is 10.0 Å². The average molecular weight is 299 g/mol. The summed E-state index contributed by atoms with van der Waals surface area (Å²) in [5.41, 5.74) is 2.72. The fraction of sp³-hybridized carbons (Fsp3) is 0.385. The van der Waals surface area contributed by atoms with Crippen LogP contribution in [0.25, 0.3) is 5.69 Å². The Morgan fingerprint density at radius 1 is 1.26 bits per heavy atom. The molecular weight excluding hydrogens is 283 g/mol. The molecule has 102 valence electrons. The Hall–Kier alpha value is -1.10. The third-order valence-corrected chi connectivity index (χ3v) is 3.38. The summed E-state index contributed by atoms with van der Waals surface area (Å²) < 4.78 is 1.75. The number of halogens is 2. The molecule has 19 heavy (non-hydrogen) atoms. The summed E-state index contributed by atoms with van der Waals surface area (Å²) >= 11 is 12.0. The van der Waals surface area contributed by atoms with Gasteiger partial charge in [-0.25, -0.2) is 4.68 Å². The molecule has 1 aromatic heterocycles. The van der Waals surface area contributed by atoms with Gasteiger partial charge in [-0.05, 0) is 38.6 Å². The van der Waals surface area contributed by atoms with E-state index in [2.05, 4.69) is 29.5 Å². The molecule has 2 rings (SSSR count). The van der Waals surface area contributed by atoms with Crippen molar-refractivity contribution in [2.45, 2.75) is 26.8 Å². The van der Waals surface area contributed by atoms with Crippen LogP contribution in [0.1, 0.15) is 31.3 Å². The minimum absolute atomic E-state index is 0.161. The molecule has 6 heteroatoms. The van der Waals surface area contributed by atoms with Crippen molar-refractivity contribution >= 4 is 23.2 Å². The molecule has 0 saturated heterocycles. The van der Waals surface area contributed by atoms with Crippen LogP contribution in [0.15, 0.2) is 18.2 Å². The third-order valence-electron chi connectivity index (χ3n) is 2.94. The summed E-state index contributed by atoms with van der Waals surface area (Å²) in [6.45, 7) is 7.00. The summed E-state index contributed by atoms with van der Waals surface area (Å²) in [6.07, 6.45) is 0. The van der Waals surface area contributed by atoms with Crippen LogP contribution in [0.4, 0.5) is 0 Å². The summed E-state index contributed by atoms with van der Waals surface area (Å²) in [5.74, 6) is 0. The number of benzene rings is 1. The number of nitrogens with zero attached hydrogens (tertiary/aromatic N) is 3. The van der Waals surface area contributed by atoms with Crippen LogP contribution in [0, 0.1) is 6.92 Å². The van der Waals surface area contributed by atoms with Crippen molar-refractivity contribution in [2.75, 3.05) is 6.54 Å². The number of aromatic nitrogens is 3. The Balaban J connectivity index is 2.41. The second kappa shape index (κ2) is 5.90. The molecule has 0 amide bonds. The molecule has 1 unspecified atom stereocenters. The van der Waals surface area contributed by atoms with Gasteiger partial charge in [-0.3, -0.25) is 0 Å². The van der Waals surface area contributed by atoms with Crippen molar-refractivity contribution in [3.63, 3.8) is 0 Å². The van der Waals surface area contributed by atoms with E-state index in [1.807, 2.05) is 19.1 Å². The van der Waals surface area contributed by atoms with Crippen LogP contribution >= 0.6 is 23.2 Å². The number of rotatable bonds is 4. The predicted molar refractivity (Wildman–Crippen MR) is 78.2 cm³/mol. The maximum absolute atomic E-state index is 6.01. The van der Waals surface area contributed by atoms with Crippen LogP contribution in [0.5, 0.6) is 0 Å². The molecule has 2 aromatic rings. The minimum Gasteiger partial charge on any atom is -0.309 e. The highest BCUT2D eigenvalue weighted by Gasteiger charge is 2.15. The van der Waals surface area contributed by atoms with E-state index in [4.69, 9.17) is 23.2 Å². The van der Waals surface area contributed by atoms with E-state index in [1.54, 1.807) is 10.7 Å². The molecule has 1 aromatic carbocycles. The first-order chi connectivity index (χ1) is 9.02. The van der Waals surface area contributed by atoms with E-state index in [0.717, 1.165) is 23.6 Å². The Kier molecular flexibility index (Phi) is 4.45. The number of hydrogen-bond donors (Lipinski definition) is 1. The Morgan fingerprint density at radius 2 is 1.89 bits per heavy atom. The smallest absolute Gasteiger partial charge is 0.103 e. The van der Waals surface area contributed by atoms with E-state index in [1.165, 1.54) is 0 Å². The number of hydrogen-bond acceptors (Lipinski definition) is 3. The van der Waals surface area contributed by atoms with E-state index < -0.39 is 0 Å². The summed E-state index contributed by atoms with van der Waals surface area (Å²) in [6, 6.07) is 5.49. The van der Waals surface area contributed by atoms with Gasteiger partial charge in [-0.2, -0.15) is 0 Å². The SMILES string of the molecule is CCNC(C)c1nnn(-c2cc(Cl)cc(Cl)c2)c1C. The van der Waals surface area contributed by atoms with Gasteiger partial charge in [0.1, 0.15) is 5.69 Å². The zero-order valence-electron chi connectivity index (χ0n) is 11.1. The Morgan fingerprint density at radius 3 is 2.47 bits per heavy atom. The normalized spacial score (nSPS) is 12.7. The zero-order valence-corrected chi connectivity index (χ0v) is 12.6. The van der Waals surface area contributed by atoms with E-state index >= 15 is 0 Å². The molecule has 0 radical (unpaired) electrons. The lowest BCUT2D eigenvalue weighted by Gasteiger charge is -2.10. The fourth-order valence-corrected chi connectivity index (χ4v) is 2.57. The van der Waals surface area contributed by atoms with Crippen LogP contribution in [-0.2, 0) is 0 Å². The minimum atomic E-state index is 0.161. The van der Waals surface area contributed by atoms with Crippen molar-refractivity contribution in [2.24, 2.45) is 0 Å². The second-order valence-electron chi connectivity index (χ2n) is 4.38. The van der Waals surface area contributed by atoms with Gasteiger partial charge in [0.05, 0.1) is 17.4 Å². The van der Waals surface area contributed by atoms with Crippen molar-refractivity contribution in [3.05, 3.63) is 39.6 Å². The van der Waals surface area contributed by atoms with Crippen molar-refractivity contribution in [1.82, 2.24) is 20.3 Å². The van der Waals surface area contributed by atoms with Gasteiger partial charge < -0.3 is 5.32 Å². The molecule has 0 aliphatic rings. The molecule has 1 heterocycles. The zero-order chi connectivity index (χ0) is 14.0. The first-order valence-electron chi connectivity index (χ1n) is 6.15. The van der Waals surface area contributed by atoms with Crippen molar-refractivity contribution < 1.29 is 0 Å². The summed E-state index contributed by atoms with van der Waals surface area (Å²) in [7, 11) is 0. The molecule has 0 spiro atoms. The first-order valence-corrected chi connectivity index (χ1v) is 6.90. The molecule has 0 aliphatic carbocycles. The highest BCUT2D eigenvalue weighted by Crippen LogP contribution is 2.23. The van der Waals surface area contributed by atoms with Crippen LogP contribution in [0.3, 0.4) is 0 Å². The largest absolute Gasteiger partial charge is 0.309 e. The lowest BCUT2D eigenvalue weighted by molar-refractivity contribution is 0.579. The molecule has 1 atom stereocenters. The maximum Gasteiger partial charge on any atom is 0.103 e. The van der Waals surface area contributed by atoms with Crippen LogP contribution in [0.2, 0.25) is 10.0 Å². The van der Waals surface area contributed by atoms with Crippen LogP contribution in [-0.4, -0.2) is 21.5 Å². The maximum atomic E-state index is 6.01. The molecular formula is C13H16Cl2N4. The quantitative estimate of drug-likeness (QED) is 0.938. The van der Waals surface area contributed by atoms with Gasteiger partial charge in [-0.15, -0.1) is 5.10 Å². The molecule has 1 N–H and O–H groups in total. The monoisotopic (exact) mass is 298 g/mol. The molecule has 0 aliphatic heterocycles. The van der Waals surface area contributed by atoms with E-state index in [9.17, 15) is 0 Å². The lowest BCUT2D eigenvalue weighted by Crippen LogP contribution is -2.19. The first kappa shape index (κ1) is 14.3. The fourth-order valence-electron chi connectivity index (χ4n) is 2.05. The summed E-state index contributed by atoms with van der Waals surface area (Å²) in [5, 5.41) is 12.9. The third kappa shape index (κ3) is 3.08. The standard InChI is InChI=1S/C13H16Cl2N4/c1-4-16-8(2)13-9(3)19(18-17-13)12-6-10(14)5-11(15)7-12/h5-8,16H,4H2,1-3H3. The van der Waals surface area contributed by atoms with E-state index in [-0.39, 0.29) is 6.04 Å². The van der Waals surface area contributed by atoms with Gasteiger partial charge in [-0.1, -0.05) is 35.3 Å². The molecule has 0 bridgehead atoms. The highest BCUT2D eigenvalue weighted by molar-refractivity contribution is 6.34. The van der Waals surface area contributed by atoms with Gasteiger partial charge in [0.2, 0.25) is 0 Å². The average Bonchev–Trinajstić information content (AvgIpc) is 2.70. The van der Waals surface area contributed by atoms with Crippen LogP contribution < -0.4 is 5.32 Å². The van der Waals surface area contributed by atoms with Gasteiger partial charge in [0, 0.05) is 10.0 Å². The summed E-state index contributed by atoms with van der Waals surface area (Å²) in [4.78, 5) is 0. The molecule has 0 fully saturated rings. The lowest BCUT2D eigenvalue weighted by atomic mass is 10.2. The van der Waals surface area contributed by atoms with Crippen molar-refractivity contribution in [3.8, 4) is 5.69 Å². The predicted octanol–water partition coefficient (Wildman–Crippen LogP) is 3.55. The van der Waals surface area contributed by atoms with Gasteiger partial charge in [0.25, 0.3) is 0 Å². The topological polar surface area (TPSA) is 42.7 Å². The molecule has 4 nitrogen and oxygen atoms in total.